The molecule has 3 heterocycles. The van der Waals surface area contributed by atoms with E-state index >= 15 is 0 Å². The fourth-order valence-electron chi connectivity index (χ4n) is 3.55. The minimum atomic E-state index is -0.478. The van der Waals surface area contributed by atoms with Crippen LogP contribution in [-0.4, -0.2) is 32.2 Å². The normalized spacial score (nSPS) is 16.6. The second-order valence-electron chi connectivity index (χ2n) is 6.87. The lowest BCUT2D eigenvalue weighted by atomic mass is 10.0. The molecule has 2 aromatic heterocycles. The Hall–Kier alpha value is -3.55. The van der Waals surface area contributed by atoms with E-state index in [2.05, 4.69) is 15.0 Å². The number of benzene rings is 1. The fourth-order valence-corrected chi connectivity index (χ4v) is 3.55. The van der Waals surface area contributed by atoms with Gasteiger partial charge in [0.05, 0.1) is 23.6 Å². The van der Waals surface area contributed by atoms with Crippen LogP contribution in [0.5, 0.6) is 0 Å². The maximum Gasteiger partial charge on any atom is 0.130 e. The van der Waals surface area contributed by atoms with Crippen LogP contribution in [0.2, 0.25) is 0 Å². The number of nitrogens with one attached hydrogen (secondary N) is 2. The van der Waals surface area contributed by atoms with Crippen LogP contribution in [0.3, 0.4) is 0 Å². The van der Waals surface area contributed by atoms with Crippen LogP contribution in [0.25, 0.3) is 17.5 Å². The number of nitrogens with zero attached hydrogens (tertiary/aromatic N) is 3. The lowest BCUT2D eigenvalue weighted by Gasteiger charge is -2.26. The van der Waals surface area contributed by atoms with Gasteiger partial charge in [-0.2, -0.15) is 0 Å². The number of rotatable bonds is 4. The number of aromatic nitrogens is 3. The first kappa shape index (κ1) is 18.8. The van der Waals surface area contributed by atoms with Gasteiger partial charge in [0.2, 0.25) is 0 Å². The van der Waals surface area contributed by atoms with Crippen LogP contribution in [0, 0.1) is 17.0 Å². The van der Waals surface area contributed by atoms with Gasteiger partial charge in [-0.15, -0.1) is 0 Å². The van der Waals surface area contributed by atoms with Crippen LogP contribution in [0.4, 0.5) is 14.6 Å². The minimum Gasteiger partial charge on any atom is -0.384 e. The molecule has 3 aromatic rings. The molecule has 148 valence electrons. The molecule has 0 radical (unpaired) electrons. The number of hydrogen-bond acceptors (Lipinski definition) is 4. The van der Waals surface area contributed by atoms with Crippen LogP contribution >= 0.6 is 0 Å². The molecule has 1 unspecified atom stereocenters. The summed E-state index contributed by atoms with van der Waals surface area (Å²) in [7, 11) is 0. The summed E-state index contributed by atoms with van der Waals surface area (Å²) in [5.74, 6) is 0.262. The van der Waals surface area contributed by atoms with Gasteiger partial charge in [-0.1, -0.05) is 6.07 Å². The summed E-state index contributed by atoms with van der Waals surface area (Å²) < 4.78 is 27.8. The maximum absolute atomic E-state index is 14.2. The average Bonchev–Trinajstić information content (AvgIpc) is 3.38. The van der Waals surface area contributed by atoms with Gasteiger partial charge >= 0.3 is 0 Å². The standard InChI is InChI=1S/C21H20F2N6/c22-13-6-7-15(23)14(11-13)18-4-2-10-29(18)20(25)8-9-21-26-12-17(28-21)16-3-1-5-19(24)27-16/h1,3,5-9,11-12,18,25H,2,4,10H2,(H2,24,27)(H,26,28)/b9-8-,25-20?. The van der Waals surface area contributed by atoms with E-state index in [1.54, 1.807) is 29.3 Å². The quantitative estimate of drug-likeness (QED) is 0.457. The second kappa shape index (κ2) is 7.83. The summed E-state index contributed by atoms with van der Waals surface area (Å²) in [6, 6.07) is 8.43. The van der Waals surface area contributed by atoms with Crippen molar-refractivity contribution < 1.29 is 8.78 Å². The van der Waals surface area contributed by atoms with Crippen LogP contribution in [-0.2, 0) is 0 Å². The van der Waals surface area contributed by atoms with E-state index in [-0.39, 0.29) is 17.4 Å². The summed E-state index contributed by atoms with van der Waals surface area (Å²) >= 11 is 0. The van der Waals surface area contributed by atoms with E-state index in [1.165, 1.54) is 6.07 Å². The highest BCUT2D eigenvalue weighted by molar-refractivity contribution is 5.94. The highest BCUT2D eigenvalue weighted by atomic mass is 19.1. The number of imidazole rings is 1. The summed E-state index contributed by atoms with van der Waals surface area (Å²) in [6.45, 7) is 0.612. The molecule has 1 fully saturated rings. The molecule has 0 amide bonds. The zero-order chi connectivity index (χ0) is 20.4. The Morgan fingerprint density at radius 1 is 1.28 bits per heavy atom. The second-order valence-corrected chi connectivity index (χ2v) is 6.87. The number of H-pyrrole nitrogens is 1. The van der Waals surface area contributed by atoms with Crippen molar-refractivity contribution in [1.29, 1.82) is 5.41 Å². The monoisotopic (exact) mass is 394 g/mol. The third-order valence-corrected chi connectivity index (χ3v) is 4.92. The number of pyridine rings is 1. The van der Waals surface area contributed by atoms with E-state index < -0.39 is 11.6 Å². The third-order valence-electron chi connectivity index (χ3n) is 4.92. The zero-order valence-corrected chi connectivity index (χ0v) is 15.6. The van der Waals surface area contributed by atoms with E-state index in [1.807, 2.05) is 12.1 Å². The van der Waals surface area contributed by atoms with Crippen LogP contribution in [0.1, 0.15) is 30.3 Å². The predicted octanol–water partition coefficient (Wildman–Crippen LogP) is 4.16. The van der Waals surface area contributed by atoms with Crippen molar-refractivity contribution in [1.82, 2.24) is 19.9 Å². The number of amidine groups is 1. The largest absolute Gasteiger partial charge is 0.384 e. The fraction of sp³-hybridized carbons (Fsp3) is 0.190. The Labute approximate surface area is 166 Å². The summed E-state index contributed by atoms with van der Waals surface area (Å²) in [5.41, 5.74) is 7.38. The molecule has 1 aliphatic heterocycles. The molecular weight excluding hydrogens is 374 g/mol. The Morgan fingerprint density at radius 2 is 2.14 bits per heavy atom. The number of aromatic amines is 1. The molecule has 6 nitrogen and oxygen atoms in total. The highest BCUT2D eigenvalue weighted by Gasteiger charge is 2.29. The van der Waals surface area contributed by atoms with E-state index in [4.69, 9.17) is 11.1 Å². The SMILES string of the molecule is N=C(/C=C\c1ncc(-c2cccc(N)n2)[nH]1)N1CCCC1c1cc(F)ccc1F. The number of hydrogen-bond donors (Lipinski definition) is 3. The molecule has 8 heteroatoms. The van der Waals surface area contributed by atoms with Crippen molar-refractivity contribution in [3.05, 3.63) is 71.7 Å². The molecule has 1 atom stereocenters. The Morgan fingerprint density at radius 3 is 2.97 bits per heavy atom. The first-order valence-corrected chi connectivity index (χ1v) is 9.27. The highest BCUT2D eigenvalue weighted by Crippen LogP contribution is 2.34. The van der Waals surface area contributed by atoms with Gasteiger partial charge in [0.1, 0.15) is 29.1 Å². The number of nitrogen functional groups attached to an aromatic ring is 1. The van der Waals surface area contributed by atoms with E-state index in [9.17, 15) is 8.78 Å². The molecule has 1 aliphatic rings. The van der Waals surface area contributed by atoms with Crippen molar-refractivity contribution >= 4 is 17.7 Å². The molecule has 1 saturated heterocycles. The topological polar surface area (TPSA) is 94.7 Å². The Bertz CT molecular complexity index is 1070. The van der Waals surface area contributed by atoms with Crippen molar-refractivity contribution in [2.75, 3.05) is 12.3 Å². The predicted molar refractivity (Wildman–Crippen MR) is 108 cm³/mol. The van der Waals surface area contributed by atoms with Gasteiger partial charge in [-0.25, -0.2) is 18.7 Å². The van der Waals surface area contributed by atoms with Crippen LogP contribution in [0.15, 0.2) is 48.7 Å². The average molecular weight is 394 g/mol. The summed E-state index contributed by atoms with van der Waals surface area (Å²) in [4.78, 5) is 13.4. The molecule has 0 aliphatic carbocycles. The maximum atomic E-state index is 14.2. The lowest BCUT2D eigenvalue weighted by Crippen LogP contribution is -2.29. The molecule has 0 saturated carbocycles. The molecular formula is C21H20F2N6. The summed E-state index contributed by atoms with van der Waals surface area (Å²) in [6.07, 6.45) is 6.40. The molecule has 4 rings (SSSR count). The van der Waals surface area contributed by atoms with Crippen molar-refractivity contribution in [2.24, 2.45) is 0 Å². The lowest BCUT2D eigenvalue weighted by molar-refractivity contribution is 0.385. The zero-order valence-electron chi connectivity index (χ0n) is 15.6. The molecule has 4 N–H and O–H groups in total. The summed E-state index contributed by atoms with van der Waals surface area (Å²) in [5, 5.41) is 8.39. The Kier molecular flexibility index (Phi) is 5.07. The van der Waals surface area contributed by atoms with Gasteiger partial charge in [-0.3, -0.25) is 5.41 Å². The molecule has 1 aromatic carbocycles. The van der Waals surface area contributed by atoms with Gasteiger partial charge in [0.15, 0.2) is 0 Å². The van der Waals surface area contributed by atoms with Gasteiger partial charge in [0, 0.05) is 12.1 Å². The van der Waals surface area contributed by atoms with Gasteiger partial charge in [0.25, 0.3) is 0 Å². The van der Waals surface area contributed by atoms with Crippen molar-refractivity contribution in [3.63, 3.8) is 0 Å². The third kappa shape index (κ3) is 4.01. The first-order chi connectivity index (χ1) is 14.0. The smallest absolute Gasteiger partial charge is 0.130 e. The molecule has 0 bridgehead atoms. The minimum absolute atomic E-state index is 0.219. The van der Waals surface area contributed by atoms with Crippen LogP contribution < -0.4 is 5.73 Å². The van der Waals surface area contributed by atoms with E-state index in [0.717, 1.165) is 18.6 Å². The molecule has 0 spiro atoms. The number of anilines is 1. The van der Waals surface area contributed by atoms with Crippen molar-refractivity contribution in [2.45, 2.75) is 18.9 Å². The van der Waals surface area contributed by atoms with Crippen molar-refractivity contribution in [3.8, 4) is 11.4 Å². The number of halogens is 2. The first-order valence-electron chi connectivity index (χ1n) is 9.27. The van der Waals surface area contributed by atoms with Gasteiger partial charge in [-0.05, 0) is 55.3 Å². The Balaban J connectivity index is 1.50. The van der Waals surface area contributed by atoms with Gasteiger partial charge < -0.3 is 15.6 Å². The van der Waals surface area contributed by atoms with E-state index in [0.29, 0.717) is 36.0 Å². The number of nitrogens with two attached hydrogens (primary N) is 1. The number of likely N-dealkylation sites (tertiary alicyclic amines) is 1. The molecule has 29 heavy (non-hydrogen) atoms.